The summed E-state index contributed by atoms with van der Waals surface area (Å²) in [5.74, 6) is -0.802. The molecule has 1 aromatic rings. The normalized spacial score (nSPS) is 17.1. The van der Waals surface area contributed by atoms with Gasteiger partial charge in [0.05, 0.1) is 12.9 Å². The topological polar surface area (TPSA) is 63.7 Å². The fraction of sp³-hybridized carbons (Fsp3) is 0.500. The summed E-state index contributed by atoms with van der Waals surface area (Å²) in [7, 11) is -5.18. The summed E-state index contributed by atoms with van der Waals surface area (Å²) >= 11 is 0. The monoisotopic (exact) mass is 305 g/mol. The van der Waals surface area contributed by atoms with Crippen LogP contribution in [0.15, 0.2) is 30.3 Å². The van der Waals surface area contributed by atoms with Crippen molar-refractivity contribution in [2.75, 3.05) is 26.6 Å². The predicted octanol–water partition coefficient (Wildman–Crippen LogP) is 2.52. The van der Waals surface area contributed by atoms with Crippen LogP contribution in [0.3, 0.4) is 0 Å². The molecule has 0 fully saturated rings. The highest BCUT2D eigenvalue weighted by Crippen LogP contribution is 2.58. The van der Waals surface area contributed by atoms with E-state index >= 15 is 0 Å². The quantitative estimate of drug-likeness (QED) is 0.758. The molecule has 0 aliphatic carbocycles. The maximum absolute atomic E-state index is 12.7. The minimum Gasteiger partial charge on any atom is -0.328 e. The van der Waals surface area contributed by atoms with Crippen molar-refractivity contribution in [1.29, 1.82) is 0 Å². The maximum Gasteiger partial charge on any atom is 0.222 e. The number of benzene rings is 1. The third kappa shape index (κ3) is 4.14. The molecule has 19 heavy (non-hydrogen) atoms. The van der Waals surface area contributed by atoms with Gasteiger partial charge in [-0.2, -0.15) is 4.31 Å². The summed E-state index contributed by atoms with van der Waals surface area (Å²) in [6.45, 7) is 3.48. The summed E-state index contributed by atoms with van der Waals surface area (Å²) in [6, 6.07) is 8.89. The fourth-order valence-corrected chi connectivity index (χ4v) is 5.38. The van der Waals surface area contributed by atoms with Crippen LogP contribution in [0.2, 0.25) is 0 Å². The molecule has 0 amide bonds. The van der Waals surface area contributed by atoms with Gasteiger partial charge in [-0.05, 0) is 12.5 Å². The molecule has 0 bridgehead atoms. The molecule has 2 atom stereocenters. The van der Waals surface area contributed by atoms with E-state index in [0.29, 0.717) is 5.56 Å². The average Bonchev–Trinajstić information content (AvgIpc) is 2.28. The first-order chi connectivity index (χ1) is 8.70. The number of sulfonamides is 1. The highest BCUT2D eigenvalue weighted by atomic mass is 32.2. The van der Waals surface area contributed by atoms with Gasteiger partial charge in [-0.3, -0.25) is 4.57 Å². The number of rotatable bonds is 6. The first-order valence-corrected chi connectivity index (χ1v) is 9.88. The standard InChI is InChI=1S/C12H20NO4PS/c1-5-17-18(3,14)12(13(2)19(4,15)16)11-9-7-6-8-10-11/h6-10,12H,5H2,1-4H3/t12-,18+/m0/s1. The predicted molar refractivity (Wildman–Crippen MR) is 76.9 cm³/mol. The number of nitrogens with zero attached hydrogens (tertiary/aromatic N) is 1. The van der Waals surface area contributed by atoms with Crippen molar-refractivity contribution in [2.45, 2.75) is 12.7 Å². The zero-order valence-corrected chi connectivity index (χ0v) is 13.3. The van der Waals surface area contributed by atoms with E-state index in [2.05, 4.69) is 0 Å². The summed E-state index contributed by atoms with van der Waals surface area (Å²) in [5.41, 5.74) is 0.662. The van der Waals surface area contributed by atoms with Gasteiger partial charge in [0, 0.05) is 13.7 Å². The van der Waals surface area contributed by atoms with Crippen LogP contribution >= 0.6 is 7.37 Å². The molecule has 108 valence electrons. The molecule has 0 spiro atoms. The van der Waals surface area contributed by atoms with Crippen LogP contribution in [-0.4, -0.2) is 39.3 Å². The van der Waals surface area contributed by atoms with E-state index in [9.17, 15) is 13.0 Å². The van der Waals surface area contributed by atoms with E-state index in [4.69, 9.17) is 4.52 Å². The van der Waals surface area contributed by atoms with Crippen molar-refractivity contribution < 1.29 is 17.5 Å². The maximum atomic E-state index is 12.7. The lowest BCUT2D eigenvalue weighted by Crippen LogP contribution is -2.30. The zero-order chi connectivity index (χ0) is 14.7. The Morgan fingerprint density at radius 1 is 1.32 bits per heavy atom. The highest BCUT2D eigenvalue weighted by molar-refractivity contribution is 7.88. The van der Waals surface area contributed by atoms with Gasteiger partial charge in [-0.1, -0.05) is 30.3 Å². The highest BCUT2D eigenvalue weighted by Gasteiger charge is 2.37. The smallest absolute Gasteiger partial charge is 0.222 e. The molecule has 0 radical (unpaired) electrons. The Morgan fingerprint density at radius 3 is 2.26 bits per heavy atom. The van der Waals surface area contributed by atoms with E-state index in [-0.39, 0.29) is 6.61 Å². The second kappa shape index (κ2) is 6.18. The van der Waals surface area contributed by atoms with Crippen LogP contribution in [-0.2, 0) is 19.1 Å². The Hall–Kier alpha value is -0.680. The van der Waals surface area contributed by atoms with E-state index < -0.39 is 23.2 Å². The molecule has 1 aromatic carbocycles. The second-order valence-electron chi connectivity index (χ2n) is 4.39. The van der Waals surface area contributed by atoms with E-state index in [1.54, 1.807) is 31.2 Å². The molecule has 7 heteroatoms. The first kappa shape index (κ1) is 16.4. The first-order valence-electron chi connectivity index (χ1n) is 5.90. The average molecular weight is 305 g/mol. The van der Waals surface area contributed by atoms with Crippen molar-refractivity contribution in [3.05, 3.63) is 35.9 Å². The lowest BCUT2D eigenvalue weighted by Gasteiger charge is -2.31. The van der Waals surface area contributed by atoms with Crippen LogP contribution < -0.4 is 0 Å². The molecule has 5 nitrogen and oxygen atoms in total. The summed E-state index contributed by atoms with van der Waals surface area (Å²) in [6.07, 6.45) is 1.09. The van der Waals surface area contributed by atoms with Crippen molar-refractivity contribution in [2.24, 2.45) is 0 Å². The van der Waals surface area contributed by atoms with Gasteiger partial charge in [0.25, 0.3) is 0 Å². The van der Waals surface area contributed by atoms with E-state index in [0.717, 1.165) is 10.6 Å². The van der Waals surface area contributed by atoms with Gasteiger partial charge >= 0.3 is 0 Å². The molecule has 0 aromatic heterocycles. The third-order valence-electron chi connectivity index (χ3n) is 2.79. The number of hydrogen-bond donors (Lipinski definition) is 0. The number of hydrogen-bond acceptors (Lipinski definition) is 4. The Kier molecular flexibility index (Phi) is 5.33. The van der Waals surface area contributed by atoms with Crippen molar-refractivity contribution in [3.63, 3.8) is 0 Å². The largest absolute Gasteiger partial charge is 0.328 e. The van der Waals surface area contributed by atoms with Crippen LogP contribution in [0.5, 0.6) is 0 Å². The summed E-state index contributed by atoms with van der Waals surface area (Å²) < 4.78 is 42.6. The van der Waals surface area contributed by atoms with Gasteiger partial charge in [0.1, 0.15) is 5.78 Å². The molecular weight excluding hydrogens is 285 g/mol. The molecular formula is C12H20NO4PS. The molecule has 0 heterocycles. The van der Waals surface area contributed by atoms with Crippen molar-refractivity contribution in [3.8, 4) is 0 Å². The second-order valence-corrected chi connectivity index (χ2v) is 9.00. The lowest BCUT2D eigenvalue weighted by molar-refractivity contribution is 0.308. The van der Waals surface area contributed by atoms with Gasteiger partial charge < -0.3 is 4.52 Å². The van der Waals surface area contributed by atoms with Crippen LogP contribution in [0.4, 0.5) is 0 Å². The third-order valence-corrected chi connectivity index (χ3v) is 6.51. The molecule has 0 saturated carbocycles. The summed E-state index contributed by atoms with van der Waals surface area (Å²) in [5, 5.41) is 0. The van der Waals surface area contributed by atoms with Gasteiger partial charge in [-0.25, -0.2) is 8.42 Å². The Morgan fingerprint density at radius 2 is 1.84 bits per heavy atom. The molecule has 0 N–H and O–H groups in total. The molecule has 0 saturated heterocycles. The zero-order valence-electron chi connectivity index (χ0n) is 11.6. The van der Waals surface area contributed by atoms with Gasteiger partial charge in [-0.15, -0.1) is 0 Å². The van der Waals surface area contributed by atoms with E-state index in [1.165, 1.54) is 13.7 Å². The van der Waals surface area contributed by atoms with Crippen LogP contribution in [0.1, 0.15) is 18.3 Å². The lowest BCUT2D eigenvalue weighted by atomic mass is 10.2. The Labute approximate surface area is 115 Å². The Balaban J connectivity index is 3.31. The van der Waals surface area contributed by atoms with E-state index in [1.807, 2.05) is 6.07 Å². The van der Waals surface area contributed by atoms with Gasteiger partial charge in [0.15, 0.2) is 0 Å². The molecule has 0 aliphatic heterocycles. The van der Waals surface area contributed by atoms with Gasteiger partial charge in [0.2, 0.25) is 17.4 Å². The minimum absolute atomic E-state index is 0.273. The molecule has 0 aliphatic rings. The SMILES string of the molecule is CCO[P@@](C)(=O)[C@@H](c1ccccc1)N(C)S(C)(=O)=O. The van der Waals surface area contributed by atoms with Crippen molar-refractivity contribution in [1.82, 2.24) is 4.31 Å². The molecule has 0 unspecified atom stereocenters. The van der Waals surface area contributed by atoms with Crippen LogP contribution in [0.25, 0.3) is 0 Å². The summed E-state index contributed by atoms with van der Waals surface area (Å²) in [4.78, 5) is 0. The molecule has 1 rings (SSSR count). The minimum atomic E-state index is -3.47. The fourth-order valence-electron chi connectivity index (χ4n) is 1.91. The Bertz CT molecular complexity index is 558. The van der Waals surface area contributed by atoms with Crippen LogP contribution in [0, 0.1) is 0 Å². The van der Waals surface area contributed by atoms with Crippen molar-refractivity contribution >= 4 is 17.4 Å².